The summed E-state index contributed by atoms with van der Waals surface area (Å²) < 4.78 is 0. The number of hydrogen-bond acceptors (Lipinski definition) is 0. The standard InChI is InChI=1S/C15H13/c1-2-3-4-8-13-10-7-11-14-9-5-6-12-15(13)14/h2-11H,1H3. The Kier molecular flexibility index (Phi) is 2.99. The van der Waals surface area contributed by atoms with Gasteiger partial charge in [-0.05, 0) is 29.3 Å². The molecule has 0 saturated carbocycles. The highest BCUT2D eigenvalue weighted by molar-refractivity contribution is 5.90. The molecule has 0 amide bonds. The van der Waals surface area contributed by atoms with Gasteiger partial charge in [-0.15, -0.1) is 0 Å². The zero-order valence-corrected chi connectivity index (χ0v) is 8.77. The minimum Gasteiger partial charge on any atom is -0.0877 e. The van der Waals surface area contributed by atoms with Crippen LogP contribution in [0.1, 0.15) is 12.5 Å². The molecule has 0 N–H and O–H groups in total. The van der Waals surface area contributed by atoms with Crippen LogP contribution >= 0.6 is 0 Å². The van der Waals surface area contributed by atoms with Crippen LogP contribution in [0.3, 0.4) is 0 Å². The summed E-state index contributed by atoms with van der Waals surface area (Å²) in [6.45, 7) is 2.01. The van der Waals surface area contributed by atoms with E-state index in [9.17, 15) is 0 Å². The molecule has 15 heavy (non-hydrogen) atoms. The van der Waals surface area contributed by atoms with Crippen LogP contribution < -0.4 is 0 Å². The van der Waals surface area contributed by atoms with Crippen LogP contribution in [0.15, 0.2) is 54.6 Å². The third kappa shape index (κ3) is 2.16. The Morgan fingerprint density at radius 2 is 1.93 bits per heavy atom. The Hall–Kier alpha value is -1.82. The molecular weight excluding hydrogens is 180 g/mol. The van der Waals surface area contributed by atoms with Crippen LogP contribution in [0, 0.1) is 6.07 Å². The fourth-order valence-corrected chi connectivity index (χ4v) is 1.59. The van der Waals surface area contributed by atoms with Crippen LogP contribution in [0.5, 0.6) is 0 Å². The van der Waals surface area contributed by atoms with Crippen molar-refractivity contribution in [2.75, 3.05) is 0 Å². The highest BCUT2D eigenvalue weighted by Crippen LogP contribution is 2.18. The van der Waals surface area contributed by atoms with Crippen LogP contribution in [0.2, 0.25) is 0 Å². The minimum atomic E-state index is 1.18. The zero-order chi connectivity index (χ0) is 10.5. The Labute approximate surface area is 90.6 Å². The lowest BCUT2D eigenvalue weighted by Crippen LogP contribution is -1.77. The molecule has 0 fully saturated rings. The van der Waals surface area contributed by atoms with Crippen LogP contribution in [0.4, 0.5) is 0 Å². The van der Waals surface area contributed by atoms with E-state index in [0.717, 1.165) is 0 Å². The molecule has 0 aromatic heterocycles. The molecule has 0 atom stereocenters. The molecule has 0 aliphatic rings. The van der Waals surface area contributed by atoms with Crippen molar-refractivity contribution in [3.05, 3.63) is 66.3 Å². The molecule has 0 nitrogen and oxygen atoms in total. The molecule has 2 aromatic carbocycles. The van der Waals surface area contributed by atoms with Gasteiger partial charge in [0.2, 0.25) is 0 Å². The summed E-state index contributed by atoms with van der Waals surface area (Å²) in [4.78, 5) is 0. The van der Waals surface area contributed by atoms with E-state index >= 15 is 0 Å². The van der Waals surface area contributed by atoms with Gasteiger partial charge < -0.3 is 0 Å². The van der Waals surface area contributed by atoms with Crippen molar-refractivity contribution in [1.82, 2.24) is 0 Å². The maximum atomic E-state index is 3.27. The first-order chi connectivity index (χ1) is 7.42. The summed E-state index contributed by atoms with van der Waals surface area (Å²) in [5.74, 6) is 0. The van der Waals surface area contributed by atoms with Gasteiger partial charge in [0.05, 0.1) is 0 Å². The van der Waals surface area contributed by atoms with Gasteiger partial charge in [0.15, 0.2) is 0 Å². The summed E-state index contributed by atoms with van der Waals surface area (Å²) >= 11 is 0. The number of allylic oxidation sites excluding steroid dienone is 3. The summed E-state index contributed by atoms with van der Waals surface area (Å²) in [7, 11) is 0. The van der Waals surface area contributed by atoms with E-state index in [1.807, 2.05) is 31.2 Å². The second-order valence-electron chi connectivity index (χ2n) is 3.37. The van der Waals surface area contributed by atoms with Crippen molar-refractivity contribution >= 4 is 16.8 Å². The maximum absolute atomic E-state index is 3.27. The van der Waals surface area contributed by atoms with Gasteiger partial charge in [-0.2, -0.15) is 0 Å². The molecule has 0 spiro atoms. The van der Waals surface area contributed by atoms with Gasteiger partial charge in [-0.25, -0.2) is 0 Å². The van der Waals surface area contributed by atoms with E-state index in [0.29, 0.717) is 0 Å². The highest BCUT2D eigenvalue weighted by Gasteiger charge is 1.95. The van der Waals surface area contributed by atoms with E-state index < -0.39 is 0 Å². The second kappa shape index (κ2) is 4.61. The van der Waals surface area contributed by atoms with Gasteiger partial charge in [-0.3, -0.25) is 0 Å². The van der Waals surface area contributed by atoms with Crippen molar-refractivity contribution in [2.45, 2.75) is 6.92 Å². The molecule has 1 radical (unpaired) electrons. The number of hydrogen-bond donors (Lipinski definition) is 0. The first kappa shape index (κ1) is 9.72. The molecule has 73 valence electrons. The third-order valence-electron chi connectivity index (χ3n) is 2.31. The molecule has 0 aliphatic carbocycles. The summed E-state index contributed by atoms with van der Waals surface area (Å²) in [6.07, 6.45) is 8.21. The van der Waals surface area contributed by atoms with Crippen molar-refractivity contribution in [1.29, 1.82) is 0 Å². The molecule has 2 aromatic rings. The Balaban J connectivity index is 2.51. The first-order valence-corrected chi connectivity index (χ1v) is 5.10. The maximum Gasteiger partial charge on any atom is -0.00326 e. The van der Waals surface area contributed by atoms with E-state index in [2.05, 4.69) is 42.5 Å². The quantitative estimate of drug-likeness (QED) is 0.626. The van der Waals surface area contributed by atoms with Gasteiger partial charge >= 0.3 is 0 Å². The van der Waals surface area contributed by atoms with Crippen LogP contribution in [-0.2, 0) is 0 Å². The van der Waals surface area contributed by atoms with E-state index in [1.165, 1.54) is 16.3 Å². The fourth-order valence-electron chi connectivity index (χ4n) is 1.59. The molecule has 0 saturated heterocycles. The smallest absolute Gasteiger partial charge is 0.00326 e. The molecule has 0 heteroatoms. The summed E-state index contributed by atoms with van der Waals surface area (Å²) in [5.41, 5.74) is 1.21. The Morgan fingerprint density at radius 3 is 2.80 bits per heavy atom. The monoisotopic (exact) mass is 193 g/mol. The first-order valence-electron chi connectivity index (χ1n) is 5.10. The predicted octanol–water partition coefficient (Wildman–Crippen LogP) is 4.23. The zero-order valence-electron chi connectivity index (χ0n) is 8.77. The van der Waals surface area contributed by atoms with Crippen molar-refractivity contribution in [2.24, 2.45) is 0 Å². The lowest BCUT2D eigenvalue weighted by Gasteiger charge is -2.00. The number of rotatable bonds is 2. The molecule has 0 bridgehead atoms. The summed E-state index contributed by atoms with van der Waals surface area (Å²) in [5, 5.41) is 2.42. The van der Waals surface area contributed by atoms with Gasteiger partial charge in [0.25, 0.3) is 0 Å². The van der Waals surface area contributed by atoms with Gasteiger partial charge in [-0.1, -0.05) is 60.7 Å². The van der Waals surface area contributed by atoms with E-state index in [-0.39, 0.29) is 0 Å². The van der Waals surface area contributed by atoms with Gasteiger partial charge in [0, 0.05) is 0 Å². The topological polar surface area (TPSA) is 0 Å². The minimum absolute atomic E-state index is 1.18. The molecule has 0 unspecified atom stereocenters. The molecule has 2 rings (SSSR count). The largest absolute Gasteiger partial charge is 0.0877 e. The fraction of sp³-hybridized carbons (Fsp3) is 0.0667. The van der Waals surface area contributed by atoms with Crippen molar-refractivity contribution < 1.29 is 0 Å². The molecule has 0 heterocycles. The molecular formula is C15H13. The lowest BCUT2D eigenvalue weighted by molar-refractivity contribution is 1.69. The Morgan fingerprint density at radius 1 is 1.07 bits per heavy atom. The normalized spacial score (nSPS) is 11.8. The molecule has 0 aliphatic heterocycles. The number of fused-ring (bicyclic) bond motifs is 1. The van der Waals surface area contributed by atoms with Crippen LogP contribution in [0.25, 0.3) is 16.8 Å². The van der Waals surface area contributed by atoms with Crippen molar-refractivity contribution in [3.63, 3.8) is 0 Å². The van der Waals surface area contributed by atoms with Crippen molar-refractivity contribution in [3.8, 4) is 0 Å². The third-order valence-corrected chi connectivity index (χ3v) is 2.31. The number of benzene rings is 2. The second-order valence-corrected chi connectivity index (χ2v) is 3.37. The SMILES string of the molecule is CC=CC=Cc1cccc2ccc[c]c12. The van der Waals surface area contributed by atoms with Crippen LogP contribution in [-0.4, -0.2) is 0 Å². The highest BCUT2D eigenvalue weighted by atomic mass is 14.0. The van der Waals surface area contributed by atoms with E-state index in [4.69, 9.17) is 0 Å². The van der Waals surface area contributed by atoms with E-state index in [1.54, 1.807) is 0 Å². The van der Waals surface area contributed by atoms with Gasteiger partial charge in [0.1, 0.15) is 0 Å². The average molecular weight is 193 g/mol. The predicted molar refractivity (Wildman–Crippen MR) is 66.6 cm³/mol. The lowest BCUT2D eigenvalue weighted by atomic mass is 10.0. The Bertz CT molecular complexity index is 499. The summed E-state index contributed by atoms with van der Waals surface area (Å²) in [6, 6.07) is 15.6. The average Bonchev–Trinajstić information content (AvgIpc) is 2.30.